The van der Waals surface area contributed by atoms with E-state index in [4.69, 9.17) is 4.98 Å². The Balaban J connectivity index is 1.51. The second-order valence-corrected chi connectivity index (χ2v) is 7.16. The van der Waals surface area contributed by atoms with Gasteiger partial charge in [0.1, 0.15) is 5.65 Å². The van der Waals surface area contributed by atoms with Crippen molar-refractivity contribution in [2.75, 3.05) is 27.2 Å². The largest absolute Gasteiger partial charge is 0.356 e. The molecule has 132 valence electrons. The van der Waals surface area contributed by atoms with Gasteiger partial charge in [-0.2, -0.15) is 0 Å². The number of nitrogens with zero attached hydrogens (tertiary/aromatic N) is 4. The Morgan fingerprint density at radius 3 is 2.92 bits per heavy atom. The monoisotopic (exact) mass is 355 g/mol. The quantitative estimate of drug-likeness (QED) is 0.546. The Kier molecular flexibility index (Phi) is 5.71. The Morgan fingerprint density at radius 2 is 2.20 bits per heavy atom. The molecular formula is C19H25N5S. The molecule has 0 fully saturated rings. The molecule has 0 radical (unpaired) electrons. The highest BCUT2D eigenvalue weighted by molar-refractivity contribution is 7.09. The number of hydrogen-bond acceptors (Lipinski definition) is 3. The van der Waals surface area contributed by atoms with Crippen LogP contribution in [-0.2, 0) is 12.8 Å². The van der Waals surface area contributed by atoms with E-state index in [1.54, 1.807) is 11.3 Å². The number of thiophene rings is 1. The molecule has 5 nitrogen and oxygen atoms in total. The molecule has 0 spiro atoms. The van der Waals surface area contributed by atoms with E-state index in [9.17, 15) is 0 Å². The third-order valence-electron chi connectivity index (χ3n) is 4.24. The van der Waals surface area contributed by atoms with Gasteiger partial charge in [-0.05, 0) is 36.4 Å². The van der Waals surface area contributed by atoms with Crippen LogP contribution in [0.4, 0.5) is 0 Å². The van der Waals surface area contributed by atoms with Crippen LogP contribution in [0.5, 0.6) is 0 Å². The van der Waals surface area contributed by atoms with Crippen molar-refractivity contribution in [2.45, 2.75) is 19.8 Å². The summed E-state index contributed by atoms with van der Waals surface area (Å²) in [5.74, 6) is 0.927. The van der Waals surface area contributed by atoms with E-state index in [0.717, 1.165) is 43.2 Å². The number of likely N-dealkylation sites (N-methyl/N-ethyl adjacent to an activating group) is 1. The lowest BCUT2D eigenvalue weighted by Crippen LogP contribution is -2.40. The Morgan fingerprint density at radius 1 is 1.32 bits per heavy atom. The number of aryl methyl sites for hydroxylation is 1. The van der Waals surface area contributed by atoms with Crippen molar-refractivity contribution in [3.63, 3.8) is 0 Å². The first-order valence-corrected chi connectivity index (χ1v) is 9.42. The summed E-state index contributed by atoms with van der Waals surface area (Å²) >= 11 is 1.80. The van der Waals surface area contributed by atoms with Crippen LogP contribution in [0.3, 0.4) is 0 Å². The first-order chi connectivity index (χ1) is 12.2. The molecule has 0 aliphatic carbocycles. The summed E-state index contributed by atoms with van der Waals surface area (Å²) in [6.45, 7) is 3.86. The first kappa shape index (κ1) is 17.5. The minimum absolute atomic E-state index is 0.818. The van der Waals surface area contributed by atoms with Crippen LogP contribution in [0.2, 0.25) is 0 Å². The molecule has 3 heterocycles. The minimum atomic E-state index is 0.818. The number of hydrogen-bond donors (Lipinski definition) is 1. The molecule has 3 aromatic rings. The summed E-state index contributed by atoms with van der Waals surface area (Å²) in [4.78, 5) is 12.7. The van der Waals surface area contributed by atoms with E-state index in [-0.39, 0.29) is 0 Å². The van der Waals surface area contributed by atoms with Gasteiger partial charge in [0, 0.05) is 50.9 Å². The topological polar surface area (TPSA) is 44.9 Å². The summed E-state index contributed by atoms with van der Waals surface area (Å²) in [6.07, 6.45) is 6.07. The minimum Gasteiger partial charge on any atom is -0.356 e. The Hall–Kier alpha value is -2.34. The van der Waals surface area contributed by atoms with Gasteiger partial charge < -0.3 is 14.6 Å². The van der Waals surface area contributed by atoms with Crippen molar-refractivity contribution in [1.82, 2.24) is 19.6 Å². The zero-order chi connectivity index (χ0) is 17.6. The van der Waals surface area contributed by atoms with Gasteiger partial charge in [-0.3, -0.25) is 4.99 Å². The molecule has 0 atom stereocenters. The van der Waals surface area contributed by atoms with Crippen LogP contribution in [0.15, 0.2) is 47.0 Å². The van der Waals surface area contributed by atoms with E-state index in [2.05, 4.69) is 69.4 Å². The van der Waals surface area contributed by atoms with E-state index in [0.29, 0.717) is 0 Å². The van der Waals surface area contributed by atoms with Crippen LogP contribution in [-0.4, -0.2) is 47.4 Å². The average Bonchev–Trinajstić information content (AvgIpc) is 3.26. The fourth-order valence-electron chi connectivity index (χ4n) is 2.85. The molecule has 1 N–H and O–H groups in total. The maximum absolute atomic E-state index is 4.72. The fraction of sp³-hybridized carbons (Fsp3) is 0.368. The van der Waals surface area contributed by atoms with Gasteiger partial charge in [-0.15, -0.1) is 11.3 Å². The predicted molar refractivity (Wildman–Crippen MR) is 106 cm³/mol. The second kappa shape index (κ2) is 8.16. The normalized spacial score (nSPS) is 11.9. The number of aliphatic imine (C=N–C) groups is 1. The molecule has 0 unspecified atom stereocenters. The molecule has 3 aromatic heterocycles. The lowest BCUT2D eigenvalue weighted by Gasteiger charge is -2.21. The van der Waals surface area contributed by atoms with E-state index < -0.39 is 0 Å². The summed E-state index contributed by atoms with van der Waals surface area (Å²) in [7, 11) is 3.91. The number of nitrogens with one attached hydrogen (secondary N) is 1. The highest BCUT2D eigenvalue weighted by atomic mass is 32.1. The van der Waals surface area contributed by atoms with Gasteiger partial charge in [0.25, 0.3) is 0 Å². The third kappa shape index (κ3) is 4.39. The van der Waals surface area contributed by atoms with Crippen LogP contribution in [0, 0.1) is 6.92 Å². The van der Waals surface area contributed by atoms with E-state index in [1.807, 2.05) is 13.2 Å². The van der Waals surface area contributed by atoms with E-state index in [1.165, 1.54) is 10.4 Å². The second-order valence-electron chi connectivity index (χ2n) is 6.13. The third-order valence-corrected chi connectivity index (χ3v) is 5.18. The lowest BCUT2D eigenvalue weighted by molar-refractivity contribution is 0.487. The number of imidazole rings is 1. The molecule has 0 bridgehead atoms. The molecule has 0 aromatic carbocycles. The van der Waals surface area contributed by atoms with Crippen molar-refractivity contribution in [3.8, 4) is 0 Å². The van der Waals surface area contributed by atoms with Crippen molar-refractivity contribution < 1.29 is 0 Å². The highest BCUT2D eigenvalue weighted by Crippen LogP contribution is 2.11. The number of pyridine rings is 1. The predicted octanol–water partition coefficient (Wildman–Crippen LogP) is 3.00. The summed E-state index contributed by atoms with van der Waals surface area (Å²) in [5, 5.41) is 5.56. The smallest absolute Gasteiger partial charge is 0.193 e. The van der Waals surface area contributed by atoms with Crippen molar-refractivity contribution >= 4 is 22.9 Å². The molecule has 0 saturated heterocycles. The zero-order valence-corrected chi connectivity index (χ0v) is 15.9. The molecule has 0 amide bonds. The summed E-state index contributed by atoms with van der Waals surface area (Å²) in [6, 6.07) is 8.43. The summed E-state index contributed by atoms with van der Waals surface area (Å²) in [5.41, 5.74) is 3.33. The molecule has 3 rings (SSSR count). The zero-order valence-electron chi connectivity index (χ0n) is 15.1. The Bertz CT molecular complexity index is 835. The molecule has 0 aliphatic heterocycles. The van der Waals surface area contributed by atoms with Crippen LogP contribution < -0.4 is 5.32 Å². The van der Waals surface area contributed by atoms with Crippen molar-refractivity contribution in [1.29, 1.82) is 0 Å². The molecule has 0 aliphatic rings. The van der Waals surface area contributed by atoms with Gasteiger partial charge in [-0.1, -0.05) is 12.1 Å². The van der Waals surface area contributed by atoms with Gasteiger partial charge in [-0.25, -0.2) is 4.98 Å². The molecule has 25 heavy (non-hydrogen) atoms. The summed E-state index contributed by atoms with van der Waals surface area (Å²) < 4.78 is 2.09. The maximum atomic E-state index is 4.72. The molecular weight excluding hydrogens is 330 g/mol. The lowest BCUT2D eigenvalue weighted by atomic mass is 10.3. The molecule has 0 saturated carbocycles. The van der Waals surface area contributed by atoms with Crippen LogP contribution >= 0.6 is 11.3 Å². The number of fused-ring (bicyclic) bond motifs is 1. The van der Waals surface area contributed by atoms with Crippen molar-refractivity contribution in [3.05, 3.63) is 58.2 Å². The van der Waals surface area contributed by atoms with Gasteiger partial charge >= 0.3 is 0 Å². The van der Waals surface area contributed by atoms with Crippen LogP contribution in [0.25, 0.3) is 5.65 Å². The maximum Gasteiger partial charge on any atom is 0.193 e. The standard InChI is InChI=1S/C19H25N5S/c1-15-6-4-11-24-14-16(22-18(15)24)8-10-21-19(20-2)23(3)12-9-17-7-5-13-25-17/h4-7,11,13-14H,8-10,12H2,1-3H3,(H,20,21). The fourth-order valence-corrected chi connectivity index (χ4v) is 3.55. The molecule has 6 heteroatoms. The van der Waals surface area contributed by atoms with E-state index >= 15 is 0 Å². The number of rotatable bonds is 6. The number of guanidine groups is 1. The van der Waals surface area contributed by atoms with Crippen molar-refractivity contribution in [2.24, 2.45) is 4.99 Å². The SMILES string of the molecule is CN=C(NCCc1cn2cccc(C)c2n1)N(C)CCc1cccs1. The highest BCUT2D eigenvalue weighted by Gasteiger charge is 2.07. The van der Waals surface area contributed by atoms with Crippen LogP contribution in [0.1, 0.15) is 16.1 Å². The van der Waals surface area contributed by atoms with Gasteiger partial charge in [0.15, 0.2) is 5.96 Å². The van der Waals surface area contributed by atoms with Gasteiger partial charge in [0.2, 0.25) is 0 Å². The number of aromatic nitrogens is 2. The first-order valence-electron chi connectivity index (χ1n) is 8.54. The average molecular weight is 356 g/mol. The van der Waals surface area contributed by atoms with Gasteiger partial charge in [0.05, 0.1) is 5.69 Å². The Labute approximate surface area is 153 Å².